The summed E-state index contributed by atoms with van der Waals surface area (Å²) in [6.45, 7) is 1.90. The van der Waals surface area contributed by atoms with E-state index in [2.05, 4.69) is 10.3 Å². The van der Waals surface area contributed by atoms with E-state index in [0.29, 0.717) is 6.04 Å². The summed E-state index contributed by atoms with van der Waals surface area (Å²) < 4.78 is 0. The number of thiazole rings is 1. The zero-order valence-corrected chi connectivity index (χ0v) is 9.68. The van der Waals surface area contributed by atoms with Gasteiger partial charge in [-0.3, -0.25) is 0 Å². The third-order valence-electron chi connectivity index (χ3n) is 3.82. The van der Waals surface area contributed by atoms with Gasteiger partial charge in [-0.15, -0.1) is 0 Å². The van der Waals surface area contributed by atoms with E-state index in [1.54, 1.807) is 11.3 Å². The summed E-state index contributed by atoms with van der Waals surface area (Å²) in [5.41, 5.74) is 0. The minimum absolute atomic E-state index is 0.186. The Balaban J connectivity index is 1.70. The molecule has 3 nitrogen and oxygen atoms in total. The van der Waals surface area contributed by atoms with Gasteiger partial charge in [-0.1, -0.05) is 17.8 Å². The van der Waals surface area contributed by atoms with E-state index in [0.717, 1.165) is 21.8 Å². The van der Waals surface area contributed by atoms with Gasteiger partial charge < -0.3 is 10.4 Å². The normalized spacial score (nSPS) is 33.5. The molecule has 0 saturated heterocycles. The quantitative estimate of drug-likeness (QED) is 0.812. The molecule has 2 N–H and O–H groups in total. The SMILES string of the molecule is Cc1sc(N[C@H]2C[C@@H]3CC[C@H]2C3)nc1O. The monoisotopic (exact) mass is 224 g/mol. The number of nitrogens with one attached hydrogen (secondary N) is 1. The molecule has 0 aromatic carbocycles. The van der Waals surface area contributed by atoms with Crippen LogP contribution in [0.15, 0.2) is 0 Å². The lowest BCUT2D eigenvalue weighted by Gasteiger charge is -2.22. The van der Waals surface area contributed by atoms with Crippen molar-refractivity contribution in [2.45, 2.75) is 38.6 Å². The van der Waals surface area contributed by atoms with Crippen molar-refractivity contribution in [1.82, 2.24) is 4.98 Å². The molecule has 2 saturated carbocycles. The minimum atomic E-state index is 0.186. The molecule has 0 aliphatic heterocycles. The lowest BCUT2D eigenvalue weighted by Crippen LogP contribution is -2.25. The van der Waals surface area contributed by atoms with Crippen LogP contribution in [0.5, 0.6) is 5.88 Å². The Morgan fingerprint density at radius 3 is 2.80 bits per heavy atom. The van der Waals surface area contributed by atoms with Gasteiger partial charge in [0, 0.05) is 6.04 Å². The van der Waals surface area contributed by atoms with Crippen LogP contribution >= 0.6 is 11.3 Å². The molecule has 3 rings (SSSR count). The van der Waals surface area contributed by atoms with E-state index in [4.69, 9.17) is 0 Å². The van der Waals surface area contributed by atoms with Gasteiger partial charge in [-0.2, -0.15) is 4.98 Å². The summed E-state index contributed by atoms with van der Waals surface area (Å²) in [5, 5.41) is 13.8. The summed E-state index contributed by atoms with van der Waals surface area (Å²) in [4.78, 5) is 5.02. The van der Waals surface area contributed by atoms with Gasteiger partial charge in [0.05, 0.1) is 4.88 Å². The number of hydrogen-bond donors (Lipinski definition) is 2. The van der Waals surface area contributed by atoms with Crippen LogP contribution in [0.4, 0.5) is 5.13 Å². The summed E-state index contributed by atoms with van der Waals surface area (Å²) >= 11 is 1.56. The Kier molecular flexibility index (Phi) is 2.12. The first-order valence-corrected chi connectivity index (χ1v) is 6.47. The summed E-state index contributed by atoms with van der Waals surface area (Å²) in [7, 11) is 0. The van der Waals surface area contributed by atoms with E-state index in [1.807, 2.05) is 6.92 Å². The van der Waals surface area contributed by atoms with Crippen LogP contribution in [0.2, 0.25) is 0 Å². The number of rotatable bonds is 2. The van der Waals surface area contributed by atoms with Crippen molar-refractivity contribution in [3.8, 4) is 5.88 Å². The Morgan fingerprint density at radius 1 is 1.40 bits per heavy atom. The maximum absolute atomic E-state index is 9.41. The van der Waals surface area contributed by atoms with Crippen molar-refractivity contribution in [1.29, 1.82) is 0 Å². The van der Waals surface area contributed by atoms with Crippen LogP contribution in [0.25, 0.3) is 0 Å². The first-order chi connectivity index (χ1) is 7.22. The molecule has 0 amide bonds. The first kappa shape index (κ1) is 9.46. The highest BCUT2D eigenvalue weighted by Gasteiger charge is 2.39. The highest BCUT2D eigenvalue weighted by Crippen LogP contribution is 2.46. The highest BCUT2D eigenvalue weighted by atomic mass is 32.1. The second kappa shape index (κ2) is 3.37. The van der Waals surface area contributed by atoms with E-state index < -0.39 is 0 Å². The molecule has 1 aromatic heterocycles. The van der Waals surface area contributed by atoms with Crippen LogP contribution in [-0.2, 0) is 0 Å². The van der Waals surface area contributed by atoms with Crippen molar-refractivity contribution in [3.05, 3.63) is 4.88 Å². The van der Waals surface area contributed by atoms with Crippen LogP contribution in [-0.4, -0.2) is 16.1 Å². The van der Waals surface area contributed by atoms with Gasteiger partial charge in [0.1, 0.15) is 0 Å². The molecular formula is C11H16N2OS. The average Bonchev–Trinajstić information content (AvgIpc) is 2.84. The van der Waals surface area contributed by atoms with Crippen LogP contribution in [0.3, 0.4) is 0 Å². The number of nitrogens with zero attached hydrogens (tertiary/aromatic N) is 1. The largest absolute Gasteiger partial charge is 0.492 e. The van der Waals surface area contributed by atoms with E-state index in [-0.39, 0.29) is 5.88 Å². The van der Waals surface area contributed by atoms with E-state index in [1.165, 1.54) is 25.7 Å². The van der Waals surface area contributed by atoms with Crippen molar-refractivity contribution < 1.29 is 5.11 Å². The van der Waals surface area contributed by atoms with E-state index in [9.17, 15) is 5.11 Å². The predicted octanol–water partition coefficient (Wildman–Crippen LogP) is 2.76. The molecule has 3 atom stereocenters. The number of anilines is 1. The van der Waals surface area contributed by atoms with Crippen molar-refractivity contribution in [2.24, 2.45) is 11.8 Å². The van der Waals surface area contributed by atoms with Crippen molar-refractivity contribution in [3.63, 3.8) is 0 Å². The number of aryl methyl sites for hydroxylation is 1. The van der Waals surface area contributed by atoms with Gasteiger partial charge in [0.25, 0.3) is 0 Å². The van der Waals surface area contributed by atoms with Crippen LogP contribution < -0.4 is 5.32 Å². The van der Waals surface area contributed by atoms with Crippen molar-refractivity contribution in [2.75, 3.05) is 5.32 Å². The first-order valence-electron chi connectivity index (χ1n) is 5.65. The van der Waals surface area contributed by atoms with Gasteiger partial charge in [-0.25, -0.2) is 0 Å². The zero-order valence-electron chi connectivity index (χ0n) is 8.86. The molecular weight excluding hydrogens is 208 g/mol. The van der Waals surface area contributed by atoms with Gasteiger partial charge >= 0.3 is 0 Å². The predicted molar refractivity (Wildman–Crippen MR) is 61.4 cm³/mol. The average molecular weight is 224 g/mol. The second-order valence-electron chi connectivity index (χ2n) is 4.82. The number of aromatic nitrogens is 1. The Bertz CT molecular complexity index is 357. The third-order valence-corrected chi connectivity index (χ3v) is 4.71. The maximum Gasteiger partial charge on any atom is 0.226 e. The summed E-state index contributed by atoms with van der Waals surface area (Å²) in [6.07, 6.45) is 5.49. The lowest BCUT2D eigenvalue weighted by atomic mass is 9.96. The smallest absolute Gasteiger partial charge is 0.226 e. The molecule has 2 aliphatic rings. The molecule has 82 valence electrons. The minimum Gasteiger partial charge on any atom is -0.492 e. The molecule has 1 heterocycles. The fourth-order valence-corrected chi connectivity index (χ4v) is 3.80. The Morgan fingerprint density at radius 2 is 2.27 bits per heavy atom. The van der Waals surface area contributed by atoms with Crippen LogP contribution in [0, 0.1) is 18.8 Å². The highest BCUT2D eigenvalue weighted by molar-refractivity contribution is 7.15. The Labute approximate surface area is 93.5 Å². The number of aromatic hydroxyl groups is 1. The molecule has 2 bridgehead atoms. The maximum atomic E-state index is 9.41. The molecule has 2 fully saturated rings. The summed E-state index contributed by atoms with van der Waals surface area (Å²) in [6, 6.07) is 0.605. The lowest BCUT2D eigenvalue weighted by molar-refractivity contribution is 0.437. The molecule has 4 heteroatoms. The fraction of sp³-hybridized carbons (Fsp3) is 0.727. The molecule has 0 spiro atoms. The Hall–Kier alpha value is -0.770. The number of fused-ring (bicyclic) bond motifs is 2. The molecule has 0 radical (unpaired) electrons. The van der Waals surface area contributed by atoms with E-state index >= 15 is 0 Å². The van der Waals surface area contributed by atoms with Gasteiger partial charge in [0.2, 0.25) is 5.88 Å². The summed E-state index contributed by atoms with van der Waals surface area (Å²) in [5.74, 6) is 1.98. The second-order valence-corrected chi connectivity index (χ2v) is 6.03. The van der Waals surface area contributed by atoms with Crippen LogP contribution in [0.1, 0.15) is 30.6 Å². The standard InChI is InChI=1S/C11H16N2OS/c1-6-10(14)13-11(15-6)12-9-5-7-2-3-8(9)4-7/h7-9,14H,2-5H2,1H3,(H,12,13)/t7-,8+,9+/m1/s1. The topological polar surface area (TPSA) is 45.2 Å². The molecule has 0 unspecified atom stereocenters. The molecule has 1 aromatic rings. The third kappa shape index (κ3) is 1.61. The zero-order chi connectivity index (χ0) is 10.4. The molecule has 2 aliphatic carbocycles. The molecule has 15 heavy (non-hydrogen) atoms. The van der Waals surface area contributed by atoms with Gasteiger partial charge in [-0.05, 0) is 38.0 Å². The van der Waals surface area contributed by atoms with Crippen molar-refractivity contribution >= 4 is 16.5 Å². The number of hydrogen-bond acceptors (Lipinski definition) is 4. The van der Waals surface area contributed by atoms with Gasteiger partial charge in [0.15, 0.2) is 5.13 Å². The fourth-order valence-electron chi connectivity index (χ4n) is 3.03.